The highest BCUT2D eigenvalue weighted by molar-refractivity contribution is 6.00. The van der Waals surface area contributed by atoms with E-state index in [0.29, 0.717) is 16.9 Å². The lowest BCUT2D eigenvalue weighted by Crippen LogP contribution is -2.38. The van der Waals surface area contributed by atoms with Gasteiger partial charge in [-0.3, -0.25) is 14.3 Å². The Morgan fingerprint density at radius 1 is 1.35 bits per heavy atom. The van der Waals surface area contributed by atoms with Crippen molar-refractivity contribution in [3.63, 3.8) is 0 Å². The van der Waals surface area contributed by atoms with Crippen LogP contribution in [0.3, 0.4) is 0 Å². The standard InChI is InChI=1S/C13H16N4O3/c1-6-10(12(18)15-8(3)13(19)20)5-9-7(2)16-17(4)11(9)14-6/h5,8H,1-4H3,(H,15,18)(H,19,20). The molecule has 20 heavy (non-hydrogen) atoms. The Morgan fingerprint density at radius 2 is 2.00 bits per heavy atom. The van der Waals surface area contributed by atoms with Crippen LogP contribution in [0, 0.1) is 13.8 Å². The fraction of sp³-hybridized carbons (Fsp3) is 0.385. The van der Waals surface area contributed by atoms with Crippen molar-refractivity contribution in [2.75, 3.05) is 0 Å². The number of fused-ring (bicyclic) bond motifs is 1. The molecule has 0 aromatic carbocycles. The molecule has 0 aliphatic carbocycles. The van der Waals surface area contributed by atoms with Gasteiger partial charge in [0.25, 0.3) is 5.91 Å². The van der Waals surface area contributed by atoms with Crippen molar-refractivity contribution in [1.82, 2.24) is 20.1 Å². The summed E-state index contributed by atoms with van der Waals surface area (Å²) in [7, 11) is 1.79. The lowest BCUT2D eigenvalue weighted by molar-refractivity contribution is -0.138. The molecule has 0 saturated heterocycles. The number of aryl methyl sites for hydroxylation is 3. The molecular weight excluding hydrogens is 260 g/mol. The van der Waals surface area contributed by atoms with E-state index in [1.807, 2.05) is 6.92 Å². The Kier molecular flexibility index (Phi) is 3.44. The zero-order valence-corrected chi connectivity index (χ0v) is 11.8. The molecule has 2 aromatic rings. The van der Waals surface area contributed by atoms with E-state index in [-0.39, 0.29) is 0 Å². The highest BCUT2D eigenvalue weighted by Crippen LogP contribution is 2.19. The largest absolute Gasteiger partial charge is 0.480 e. The predicted octanol–water partition coefficient (Wildman–Crippen LogP) is 0.788. The number of hydrogen-bond acceptors (Lipinski definition) is 4. The second-order valence-corrected chi connectivity index (χ2v) is 4.73. The van der Waals surface area contributed by atoms with Crippen molar-refractivity contribution in [3.05, 3.63) is 23.0 Å². The van der Waals surface area contributed by atoms with Crippen LogP contribution in [-0.2, 0) is 11.8 Å². The van der Waals surface area contributed by atoms with Gasteiger partial charge in [-0.1, -0.05) is 0 Å². The van der Waals surface area contributed by atoms with Crippen LogP contribution in [0.4, 0.5) is 0 Å². The van der Waals surface area contributed by atoms with Crippen LogP contribution in [0.5, 0.6) is 0 Å². The fourth-order valence-electron chi connectivity index (χ4n) is 2.00. The average Bonchev–Trinajstić information content (AvgIpc) is 2.63. The first-order chi connectivity index (χ1) is 9.31. The molecule has 1 amide bonds. The van der Waals surface area contributed by atoms with Gasteiger partial charge in [0, 0.05) is 12.4 Å². The third kappa shape index (κ3) is 2.34. The number of aromatic nitrogens is 3. The third-order valence-corrected chi connectivity index (χ3v) is 3.15. The summed E-state index contributed by atoms with van der Waals surface area (Å²) >= 11 is 0. The minimum absolute atomic E-state index is 0.363. The molecule has 0 radical (unpaired) electrons. The van der Waals surface area contributed by atoms with E-state index in [0.717, 1.165) is 11.1 Å². The van der Waals surface area contributed by atoms with Crippen molar-refractivity contribution in [2.45, 2.75) is 26.8 Å². The average molecular weight is 276 g/mol. The molecule has 1 unspecified atom stereocenters. The van der Waals surface area contributed by atoms with E-state index in [1.54, 1.807) is 24.7 Å². The molecule has 2 aromatic heterocycles. The second kappa shape index (κ2) is 4.92. The number of carboxylic acid groups (broad SMARTS) is 1. The monoisotopic (exact) mass is 276 g/mol. The summed E-state index contributed by atoms with van der Waals surface area (Å²) in [6.45, 7) is 4.96. The number of amides is 1. The van der Waals surface area contributed by atoms with Gasteiger partial charge < -0.3 is 10.4 Å². The van der Waals surface area contributed by atoms with Crippen molar-refractivity contribution in [1.29, 1.82) is 0 Å². The van der Waals surface area contributed by atoms with Gasteiger partial charge in [-0.15, -0.1) is 0 Å². The zero-order valence-electron chi connectivity index (χ0n) is 11.8. The lowest BCUT2D eigenvalue weighted by atomic mass is 10.1. The molecule has 7 heteroatoms. The van der Waals surface area contributed by atoms with Crippen LogP contribution in [-0.4, -0.2) is 37.8 Å². The summed E-state index contributed by atoms with van der Waals surface area (Å²) < 4.78 is 1.65. The lowest BCUT2D eigenvalue weighted by Gasteiger charge is -2.11. The van der Waals surface area contributed by atoms with E-state index in [2.05, 4.69) is 15.4 Å². The topological polar surface area (TPSA) is 97.1 Å². The minimum Gasteiger partial charge on any atom is -0.480 e. The number of nitrogens with one attached hydrogen (secondary N) is 1. The number of nitrogens with zero attached hydrogens (tertiary/aromatic N) is 3. The van der Waals surface area contributed by atoms with Crippen LogP contribution in [0.2, 0.25) is 0 Å². The molecule has 2 heterocycles. The molecule has 7 nitrogen and oxygen atoms in total. The molecule has 1 atom stereocenters. The van der Waals surface area contributed by atoms with Gasteiger partial charge in [-0.05, 0) is 26.8 Å². The summed E-state index contributed by atoms with van der Waals surface area (Å²) in [6, 6.07) is 0.747. The van der Waals surface area contributed by atoms with Crippen LogP contribution in [0.25, 0.3) is 11.0 Å². The van der Waals surface area contributed by atoms with E-state index >= 15 is 0 Å². The van der Waals surface area contributed by atoms with Crippen molar-refractivity contribution >= 4 is 22.9 Å². The zero-order chi connectivity index (χ0) is 15.0. The Labute approximate surface area is 115 Å². The van der Waals surface area contributed by atoms with Gasteiger partial charge in [-0.2, -0.15) is 5.10 Å². The molecular formula is C13H16N4O3. The Balaban J connectivity index is 2.44. The van der Waals surface area contributed by atoms with E-state index < -0.39 is 17.9 Å². The maximum atomic E-state index is 12.1. The molecule has 0 saturated carbocycles. The number of carbonyl (C=O) groups is 2. The summed E-state index contributed by atoms with van der Waals surface area (Å²) in [5.41, 5.74) is 2.37. The molecule has 2 rings (SSSR count). The summed E-state index contributed by atoms with van der Waals surface area (Å²) in [6.07, 6.45) is 0. The molecule has 0 fully saturated rings. The fourth-order valence-corrected chi connectivity index (χ4v) is 2.00. The van der Waals surface area contributed by atoms with Gasteiger partial charge >= 0.3 is 5.97 Å². The molecule has 0 aliphatic rings. The predicted molar refractivity (Wildman–Crippen MR) is 72.5 cm³/mol. The van der Waals surface area contributed by atoms with Gasteiger partial charge in [0.05, 0.1) is 17.0 Å². The quantitative estimate of drug-likeness (QED) is 0.863. The summed E-state index contributed by atoms with van der Waals surface area (Å²) in [5, 5.41) is 16.3. The number of hydrogen-bond donors (Lipinski definition) is 2. The van der Waals surface area contributed by atoms with Crippen LogP contribution in [0.1, 0.15) is 28.7 Å². The molecule has 106 valence electrons. The number of carbonyl (C=O) groups excluding carboxylic acids is 1. The molecule has 0 spiro atoms. The van der Waals surface area contributed by atoms with Crippen LogP contribution >= 0.6 is 0 Å². The molecule has 0 aliphatic heterocycles. The van der Waals surface area contributed by atoms with Crippen molar-refractivity contribution in [3.8, 4) is 0 Å². The summed E-state index contributed by atoms with van der Waals surface area (Å²) in [4.78, 5) is 27.2. The number of carboxylic acids is 1. The Hall–Kier alpha value is -2.44. The number of pyridine rings is 1. The van der Waals surface area contributed by atoms with E-state index in [1.165, 1.54) is 6.92 Å². The Bertz CT molecular complexity index is 705. The minimum atomic E-state index is -1.08. The van der Waals surface area contributed by atoms with Crippen LogP contribution < -0.4 is 5.32 Å². The van der Waals surface area contributed by atoms with Gasteiger partial charge in [0.1, 0.15) is 6.04 Å². The van der Waals surface area contributed by atoms with E-state index in [9.17, 15) is 9.59 Å². The highest BCUT2D eigenvalue weighted by Gasteiger charge is 2.19. The second-order valence-electron chi connectivity index (χ2n) is 4.73. The Morgan fingerprint density at radius 3 is 2.60 bits per heavy atom. The summed E-state index contributed by atoms with van der Waals surface area (Å²) in [5.74, 6) is -1.53. The molecule has 0 bridgehead atoms. The highest BCUT2D eigenvalue weighted by atomic mass is 16.4. The maximum absolute atomic E-state index is 12.1. The smallest absolute Gasteiger partial charge is 0.325 e. The van der Waals surface area contributed by atoms with Gasteiger partial charge in [0.15, 0.2) is 5.65 Å². The first-order valence-corrected chi connectivity index (χ1v) is 6.16. The SMILES string of the molecule is Cc1nc2c(cc1C(=O)NC(C)C(=O)O)c(C)nn2C. The maximum Gasteiger partial charge on any atom is 0.325 e. The normalized spacial score (nSPS) is 12.4. The van der Waals surface area contributed by atoms with Crippen LogP contribution in [0.15, 0.2) is 6.07 Å². The van der Waals surface area contributed by atoms with E-state index in [4.69, 9.17) is 5.11 Å². The number of aliphatic carboxylic acids is 1. The third-order valence-electron chi connectivity index (χ3n) is 3.15. The van der Waals surface area contributed by atoms with Crippen molar-refractivity contribution < 1.29 is 14.7 Å². The van der Waals surface area contributed by atoms with Gasteiger partial charge in [0.2, 0.25) is 0 Å². The van der Waals surface area contributed by atoms with Gasteiger partial charge in [-0.25, -0.2) is 4.98 Å². The molecule has 2 N–H and O–H groups in total. The first kappa shape index (κ1) is 14.0. The van der Waals surface area contributed by atoms with Crippen molar-refractivity contribution in [2.24, 2.45) is 7.05 Å². The first-order valence-electron chi connectivity index (χ1n) is 6.16. The number of rotatable bonds is 3.